The number of ether oxygens (including phenoxy) is 1. The molecule has 1 aromatic carbocycles. The summed E-state index contributed by atoms with van der Waals surface area (Å²) >= 11 is 0. The lowest BCUT2D eigenvalue weighted by atomic mass is 9.94. The third kappa shape index (κ3) is 4.71. The van der Waals surface area contributed by atoms with Crippen LogP contribution in [0.25, 0.3) is 0 Å². The zero-order valence-corrected chi connectivity index (χ0v) is 13.4. The Morgan fingerprint density at radius 3 is 2.55 bits per heavy atom. The first-order chi connectivity index (χ1) is 10.5. The second-order valence-electron chi connectivity index (χ2n) is 5.98. The summed E-state index contributed by atoms with van der Waals surface area (Å²) in [6.07, 6.45) is 2.12. The Kier molecular flexibility index (Phi) is 5.80. The number of benzene rings is 1. The SMILES string of the molecule is CCc1ccc(C(C)NC(=O)NCC2(O)CCOCC2)cc1. The highest BCUT2D eigenvalue weighted by molar-refractivity contribution is 5.74. The van der Waals surface area contributed by atoms with Crippen LogP contribution in [0.2, 0.25) is 0 Å². The van der Waals surface area contributed by atoms with E-state index in [1.807, 2.05) is 19.1 Å². The maximum Gasteiger partial charge on any atom is 0.315 e. The normalized spacial score (nSPS) is 18.5. The van der Waals surface area contributed by atoms with Gasteiger partial charge in [-0.2, -0.15) is 0 Å². The minimum atomic E-state index is -0.846. The molecule has 1 aromatic rings. The molecule has 0 aromatic heterocycles. The highest BCUT2D eigenvalue weighted by Gasteiger charge is 2.30. The summed E-state index contributed by atoms with van der Waals surface area (Å²) < 4.78 is 5.22. The number of hydrogen-bond acceptors (Lipinski definition) is 3. The first-order valence-electron chi connectivity index (χ1n) is 7.96. The van der Waals surface area contributed by atoms with E-state index in [0.29, 0.717) is 26.1 Å². The van der Waals surface area contributed by atoms with Crippen molar-refractivity contribution < 1.29 is 14.6 Å². The number of nitrogens with one attached hydrogen (secondary N) is 2. The van der Waals surface area contributed by atoms with Crippen LogP contribution >= 0.6 is 0 Å². The fourth-order valence-corrected chi connectivity index (χ4v) is 2.55. The summed E-state index contributed by atoms with van der Waals surface area (Å²) in [5.74, 6) is 0. The standard InChI is InChI=1S/C17H26N2O3/c1-3-14-4-6-15(7-5-14)13(2)19-16(20)18-12-17(21)8-10-22-11-9-17/h4-7,13,21H,3,8-12H2,1-2H3,(H2,18,19,20). The largest absolute Gasteiger partial charge is 0.388 e. The molecule has 1 aliphatic heterocycles. The van der Waals surface area contributed by atoms with Crippen molar-refractivity contribution in [2.24, 2.45) is 0 Å². The lowest BCUT2D eigenvalue weighted by Gasteiger charge is -2.32. The number of aliphatic hydroxyl groups is 1. The molecule has 5 heteroatoms. The molecule has 2 rings (SSSR count). The Morgan fingerprint density at radius 1 is 1.32 bits per heavy atom. The van der Waals surface area contributed by atoms with Crippen LogP contribution in [-0.2, 0) is 11.2 Å². The van der Waals surface area contributed by atoms with Gasteiger partial charge in [-0.05, 0) is 24.5 Å². The lowest BCUT2D eigenvalue weighted by molar-refractivity contribution is -0.0600. The molecule has 122 valence electrons. The Balaban J connectivity index is 1.80. The molecule has 1 saturated heterocycles. The van der Waals surface area contributed by atoms with Crippen molar-refractivity contribution in [1.29, 1.82) is 0 Å². The molecular weight excluding hydrogens is 280 g/mol. The highest BCUT2D eigenvalue weighted by Crippen LogP contribution is 2.19. The third-order valence-electron chi connectivity index (χ3n) is 4.24. The minimum Gasteiger partial charge on any atom is -0.388 e. The third-order valence-corrected chi connectivity index (χ3v) is 4.24. The average molecular weight is 306 g/mol. The maximum absolute atomic E-state index is 12.0. The topological polar surface area (TPSA) is 70.6 Å². The molecule has 1 fully saturated rings. The van der Waals surface area contributed by atoms with E-state index in [4.69, 9.17) is 4.74 Å². The number of carbonyl (C=O) groups is 1. The van der Waals surface area contributed by atoms with Crippen molar-refractivity contribution >= 4 is 6.03 Å². The van der Waals surface area contributed by atoms with Gasteiger partial charge in [-0.25, -0.2) is 4.79 Å². The van der Waals surface area contributed by atoms with Gasteiger partial charge in [0.2, 0.25) is 0 Å². The summed E-state index contributed by atoms with van der Waals surface area (Å²) in [6, 6.07) is 7.90. The second-order valence-corrected chi connectivity index (χ2v) is 5.98. The fourth-order valence-electron chi connectivity index (χ4n) is 2.55. The molecule has 5 nitrogen and oxygen atoms in total. The van der Waals surface area contributed by atoms with Crippen LogP contribution < -0.4 is 10.6 Å². The number of urea groups is 1. The van der Waals surface area contributed by atoms with Crippen LogP contribution in [0.5, 0.6) is 0 Å². The molecule has 1 atom stereocenters. The van der Waals surface area contributed by atoms with Crippen LogP contribution in [0.15, 0.2) is 24.3 Å². The number of carbonyl (C=O) groups excluding carboxylic acids is 1. The van der Waals surface area contributed by atoms with Crippen molar-refractivity contribution in [3.8, 4) is 0 Å². The van der Waals surface area contributed by atoms with E-state index in [1.165, 1.54) is 5.56 Å². The molecule has 1 unspecified atom stereocenters. The number of rotatable bonds is 5. The zero-order chi connectivity index (χ0) is 16.0. The quantitative estimate of drug-likeness (QED) is 0.780. The van der Waals surface area contributed by atoms with Gasteiger partial charge in [-0.1, -0.05) is 31.2 Å². The predicted molar refractivity (Wildman–Crippen MR) is 85.8 cm³/mol. The van der Waals surface area contributed by atoms with Gasteiger partial charge in [-0.3, -0.25) is 0 Å². The van der Waals surface area contributed by atoms with E-state index < -0.39 is 5.60 Å². The predicted octanol–water partition coefficient (Wildman–Crippen LogP) is 2.15. The molecule has 22 heavy (non-hydrogen) atoms. The van der Waals surface area contributed by atoms with Crippen LogP contribution in [0.1, 0.15) is 43.9 Å². The molecule has 0 radical (unpaired) electrons. The van der Waals surface area contributed by atoms with Gasteiger partial charge >= 0.3 is 6.03 Å². The Hall–Kier alpha value is -1.59. The Morgan fingerprint density at radius 2 is 1.95 bits per heavy atom. The zero-order valence-electron chi connectivity index (χ0n) is 13.4. The molecule has 2 amide bonds. The van der Waals surface area contributed by atoms with Gasteiger partial charge in [0.15, 0.2) is 0 Å². The molecular formula is C17H26N2O3. The monoisotopic (exact) mass is 306 g/mol. The van der Waals surface area contributed by atoms with Gasteiger partial charge in [0, 0.05) is 32.6 Å². The van der Waals surface area contributed by atoms with E-state index in [0.717, 1.165) is 12.0 Å². The van der Waals surface area contributed by atoms with E-state index in [9.17, 15) is 9.90 Å². The van der Waals surface area contributed by atoms with Crippen LogP contribution in [0.4, 0.5) is 4.79 Å². The molecule has 0 aliphatic carbocycles. The van der Waals surface area contributed by atoms with E-state index in [1.54, 1.807) is 0 Å². The van der Waals surface area contributed by atoms with E-state index in [-0.39, 0.29) is 18.6 Å². The molecule has 1 aliphatic rings. The number of amides is 2. The highest BCUT2D eigenvalue weighted by atomic mass is 16.5. The first kappa shape index (κ1) is 16.8. The van der Waals surface area contributed by atoms with Crippen molar-refractivity contribution in [3.63, 3.8) is 0 Å². The van der Waals surface area contributed by atoms with Crippen LogP contribution in [0.3, 0.4) is 0 Å². The van der Waals surface area contributed by atoms with Gasteiger partial charge in [-0.15, -0.1) is 0 Å². The second kappa shape index (κ2) is 7.61. The van der Waals surface area contributed by atoms with Gasteiger partial charge in [0.1, 0.15) is 0 Å². The smallest absolute Gasteiger partial charge is 0.315 e. The lowest BCUT2D eigenvalue weighted by Crippen LogP contribution is -2.49. The maximum atomic E-state index is 12.0. The van der Waals surface area contributed by atoms with E-state index >= 15 is 0 Å². The van der Waals surface area contributed by atoms with Gasteiger partial charge < -0.3 is 20.5 Å². The molecule has 0 spiro atoms. The van der Waals surface area contributed by atoms with Crippen molar-refractivity contribution in [3.05, 3.63) is 35.4 Å². The molecule has 0 saturated carbocycles. The molecule has 3 N–H and O–H groups in total. The summed E-state index contributed by atoms with van der Waals surface area (Å²) in [5.41, 5.74) is 1.50. The van der Waals surface area contributed by atoms with Gasteiger partial charge in [0.05, 0.1) is 11.6 Å². The fraction of sp³-hybridized carbons (Fsp3) is 0.588. The van der Waals surface area contributed by atoms with E-state index in [2.05, 4.69) is 29.7 Å². The Labute approximate surface area is 132 Å². The Bertz CT molecular complexity index is 481. The molecule has 1 heterocycles. The van der Waals surface area contributed by atoms with Crippen molar-refractivity contribution in [2.45, 2.75) is 44.8 Å². The minimum absolute atomic E-state index is 0.0739. The summed E-state index contributed by atoms with van der Waals surface area (Å²) in [5, 5.41) is 16.0. The van der Waals surface area contributed by atoms with Crippen LogP contribution in [-0.4, -0.2) is 36.5 Å². The van der Waals surface area contributed by atoms with Crippen molar-refractivity contribution in [1.82, 2.24) is 10.6 Å². The van der Waals surface area contributed by atoms with Crippen molar-refractivity contribution in [2.75, 3.05) is 19.8 Å². The number of aryl methyl sites for hydroxylation is 1. The molecule has 0 bridgehead atoms. The summed E-state index contributed by atoms with van der Waals surface area (Å²) in [4.78, 5) is 12.0. The first-order valence-corrected chi connectivity index (χ1v) is 7.96. The van der Waals surface area contributed by atoms with Crippen LogP contribution in [0, 0.1) is 0 Å². The average Bonchev–Trinajstić information content (AvgIpc) is 2.54. The number of hydrogen-bond donors (Lipinski definition) is 3. The van der Waals surface area contributed by atoms with Gasteiger partial charge in [0.25, 0.3) is 0 Å². The summed E-state index contributed by atoms with van der Waals surface area (Å²) in [7, 11) is 0. The summed E-state index contributed by atoms with van der Waals surface area (Å²) in [6.45, 7) is 5.40.